The first-order chi connectivity index (χ1) is 17.4. The van der Waals surface area contributed by atoms with E-state index in [1.807, 2.05) is 50.2 Å². The zero-order chi connectivity index (χ0) is 26.0. The van der Waals surface area contributed by atoms with Gasteiger partial charge in [-0.15, -0.1) is 0 Å². The molecule has 36 heavy (non-hydrogen) atoms. The number of nitrogens with zero attached hydrogens (tertiary/aromatic N) is 1. The topological polar surface area (TPSA) is 81.7 Å². The Labute approximate surface area is 214 Å². The van der Waals surface area contributed by atoms with Gasteiger partial charge in [-0.1, -0.05) is 49.4 Å². The van der Waals surface area contributed by atoms with Crippen molar-refractivity contribution >= 4 is 23.5 Å². The van der Waals surface area contributed by atoms with Crippen LogP contribution in [0.3, 0.4) is 0 Å². The van der Waals surface area contributed by atoms with Gasteiger partial charge in [0.15, 0.2) is 12.6 Å². The van der Waals surface area contributed by atoms with E-state index >= 15 is 0 Å². The summed E-state index contributed by atoms with van der Waals surface area (Å²) in [6.07, 6.45) is 4.44. The molecule has 1 aliphatic heterocycles. The molecule has 0 radical (unpaired) electrons. The van der Waals surface area contributed by atoms with E-state index in [1.54, 1.807) is 19.1 Å². The maximum Gasteiger partial charge on any atom is 0.362 e. The highest BCUT2D eigenvalue weighted by molar-refractivity contribution is 6.03. The highest BCUT2D eigenvalue weighted by Gasteiger charge is 2.44. The van der Waals surface area contributed by atoms with Gasteiger partial charge < -0.3 is 19.3 Å². The van der Waals surface area contributed by atoms with E-state index in [9.17, 15) is 14.4 Å². The van der Waals surface area contributed by atoms with Crippen LogP contribution >= 0.6 is 0 Å². The minimum atomic E-state index is -0.463. The maximum absolute atomic E-state index is 13.8. The smallest absolute Gasteiger partial charge is 0.362 e. The van der Waals surface area contributed by atoms with Crippen molar-refractivity contribution in [2.75, 3.05) is 31.6 Å². The van der Waals surface area contributed by atoms with E-state index < -0.39 is 12.0 Å². The van der Waals surface area contributed by atoms with E-state index in [-0.39, 0.29) is 31.6 Å². The average molecular weight is 496 g/mol. The van der Waals surface area contributed by atoms with Crippen molar-refractivity contribution in [1.82, 2.24) is 0 Å². The molecule has 0 aliphatic carbocycles. The molecule has 1 saturated heterocycles. The van der Waals surface area contributed by atoms with Crippen molar-refractivity contribution in [2.24, 2.45) is 0 Å². The number of aryl methyl sites for hydroxylation is 1. The lowest BCUT2D eigenvalue weighted by molar-refractivity contribution is -0.940. The molecule has 0 spiro atoms. The summed E-state index contributed by atoms with van der Waals surface area (Å²) in [6.45, 7) is 7.79. The first kappa shape index (κ1) is 27.4. The zero-order valence-corrected chi connectivity index (χ0v) is 21.8. The van der Waals surface area contributed by atoms with Crippen molar-refractivity contribution in [2.45, 2.75) is 65.5 Å². The van der Waals surface area contributed by atoms with Gasteiger partial charge in [-0.25, -0.2) is 9.59 Å². The van der Waals surface area contributed by atoms with Gasteiger partial charge in [-0.05, 0) is 56.7 Å². The van der Waals surface area contributed by atoms with Crippen molar-refractivity contribution in [3.63, 3.8) is 0 Å². The normalized spacial score (nSPS) is 15.5. The molecule has 0 saturated carbocycles. The lowest BCUT2D eigenvalue weighted by Gasteiger charge is -2.45. The van der Waals surface area contributed by atoms with Gasteiger partial charge >= 0.3 is 11.9 Å². The molecule has 1 aliphatic rings. The monoisotopic (exact) mass is 495 g/mol. The molecule has 3 rings (SSSR count). The molecule has 7 nitrogen and oxygen atoms in total. The van der Waals surface area contributed by atoms with Crippen molar-refractivity contribution in [3.05, 3.63) is 65.2 Å². The Morgan fingerprint density at radius 1 is 0.944 bits per heavy atom. The predicted molar refractivity (Wildman–Crippen MR) is 139 cm³/mol. The quantitative estimate of drug-likeness (QED) is 0.350. The molecule has 1 unspecified atom stereocenters. The second-order valence-electron chi connectivity index (χ2n) is 9.54. The summed E-state index contributed by atoms with van der Waals surface area (Å²) < 4.78 is 11.2. The fourth-order valence-electron chi connectivity index (χ4n) is 5.11. The highest BCUT2D eigenvalue weighted by Crippen LogP contribution is 2.29. The standard InChI is InChI=1S/C29H38N2O5/c1-4-13-25(28(33)30-27-22(3)14-12-17-24(27)29(34)35-5-2)31(18-10-7-11-19-31)20-26(32)36-21-23-15-8-6-9-16-23/h6,8-9,12,14-17,25H,4-5,7,10-11,13,18-21H2,1-3H3/p+1. The fourth-order valence-corrected chi connectivity index (χ4v) is 5.11. The number of likely N-dealkylation sites (tertiary alicyclic amines) is 1. The summed E-state index contributed by atoms with van der Waals surface area (Å²) in [7, 11) is 0. The number of esters is 2. The third kappa shape index (κ3) is 6.94. The van der Waals surface area contributed by atoms with Crippen LogP contribution in [-0.2, 0) is 25.7 Å². The van der Waals surface area contributed by atoms with E-state index in [4.69, 9.17) is 9.47 Å². The molecule has 1 atom stereocenters. The molecular formula is C29H39N2O5+. The number of quaternary nitrogens is 1. The van der Waals surface area contributed by atoms with Crippen LogP contribution in [0.2, 0.25) is 0 Å². The SMILES string of the molecule is CCCC(C(=O)Nc1c(C)cccc1C(=O)OCC)[N+]1(CC(=O)OCc2ccccc2)CCCCC1. The van der Waals surface area contributed by atoms with Crippen LogP contribution in [-0.4, -0.2) is 54.6 Å². The van der Waals surface area contributed by atoms with Crippen LogP contribution in [0, 0.1) is 6.92 Å². The van der Waals surface area contributed by atoms with Crippen LogP contribution in [0.5, 0.6) is 0 Å². The Morgan fingerprint density at radius 2 is 1.67 bits per heavy atom. The lowest BCUT2D eigenvalue weighted by Crippen LogP contribution is -2.64. The maximum atomic E-state index is 13.8. The molecule has 1 N–H and O–H groups in total. The average Bonchev–Trinajstić information content (AvgIpc) is 2.88. The number of piperidine rings is 1. The fraction of sp³-hybridized carbons (Fsp3) is 0.483. The zero-order valence-electron chi connectivity index (χ0n) is 21.8. The van der Waals surface area contributed by atoms with Crippen LogP contribution < -0.4 is 5.32 Å². The Balaban J connectivity index is 1.83. The summed E-state index contributed by atoms with van der Waals surface area (Å²) in [5, 5.41) is 3.05. The Morgan fingerprint density at radius 3 is 2.33 bits per heavy atom. The van der Waals surface area contributed by atoms with Gasteiger partial charge in [0.05, 0.1) is 30.9 Å². The first-order valence-corrected chi connectivity index (χ1v) is 13.0. The second kappa shape index (κ2) is 13.2. The van der Waals surface area contributed by atoms with Gasteiger partial charge in [0, 0.05) is 6.42 Å². The minimum absolute atomic E-state index is 0.156. The summed E-state index contributed by atoms with van der Waals surface area (Å²) in [5.41, 5.74) is 2.54. The van der Waals surface area contributed by atoms with Crippen molar-refractivity contribution in [1.29, 1.82) is 0 Å². The molecule has 1 amide bonds. The molecule has 2 aromatic rings. The van der Waals surface area contributed by atoms with E-state index in [2.05, 4.69) is 5.32 Å². The molecule has 7 heteroatoms. The number of carbonyl (C=O) groups is 3. The number of para-hydroxylation sites is 1. The number of rotatable bonds is 11. The van der Waals surface area contributed by atoms with Crippen LogP contribution in [0.15, 0.2) is 48.5 Å². The predicted octanol–water partition coefficient (Wildman–Crippen LogP) is 5.02. The summed E-state index contributed by atoms with van der Waals surface area (Å²) >= 11 is 0. The number of ether oxygens (including phenoxy) is 2. The molecule has 1 fully saturated rings. The first-order valence-electron chi connectivity index (χ1n) is 13.0. The Kier molecular flexibility index (Phi) is 10.1. The summed E-state index contributed by atoms with van der Waals surface area (Å²) in [5.74, 6) is -0.929. The summed E-state index contributed by atoms with van der Waals surface area (Å²) in [4.78, 5) is 39.4. The Bertz CT molecular complexity index is 1030. The van der Waals surface area contributed by atoms with Crippen LogP contribution in [0.25, 0.3) is 0 Å². The van der Waals surface area contributed by atoms with Gasteiger partial charge in [-0.3, -0.25) is 4.79 Å². The van der Waals surface area contributed by atoms with Gasteiger partial charge in [0.25, 0.3) is 5.91 Å². The van der Waals surface area contributed by atoms with E-state index in [0.717, 1.165) is 49.9 Å². The summed E-state index contributed by atoms with van der Waals surface area (Å²) in [6, 6.07) is 14.5. The molecule has 194 valence electrons. The third-order valence-corrected chi connectivity index (χ3v) is 6.94. The third-order valence-electron chi connectivity index (χ3n) is 6.94. The van der Waals surface area contributed by atoms with Gasteiger partial charge in [-0.2, -0.15) is 0 Å². The number of amides is 1. The minimum Gasteiger partial charge on any atom is -0.462 e. The molecule has 1 heterocycles. The van der Waals surface area contributed by atoms with Crippen LogP contribution in [0.1, 0.15) is 67.4 Å². The number of hydrogen-bond donors (Lipinski definition) is 1. The van der Waals surface area contributed by atoms with Crippen LogP contribution in [0.4, 0.5) is 5.69 Å². The molecule has 2 aromatic carbocycles. The van der Waals surface area contributed by atoms with Crippen molar-refractivity contribution < 1.29 is 28.3 Å². The number of anilines is 1. The lowest BCUT2D eigenvalue weighted by atomic mass is 9.98. The van der Waals surface area contributed by atoms with E-state index in [0.29, 0.717) is 22.2 Å². The molecule has 0 aromatic heterocycles. The molecule has 0 bridgehead atoms. The number of hydrogen-bond acceptors (Lipinski definition) is 5. The second-order valence-corrected chi connectivity index (χ2v) is 9.54. The highest BCUT2D eigenvalue weighted by atomic mass is 16.5. The Hall–Kier alpha value is -3.19. The largest absolute Gasteiger partial charge is 0.462 e. The van der Waals surface area contributed by atoms with Gasteiger partial charge in [0.1, 0.15) is 6.61 Å². The molecular weight excluding hydrogens is 456 g/mol. The van der Waals surface area contributed by atoms with E-state index in [1.165, 1.54) is 0 Å². The number of benzene rings is 2. The van der Waals surface area contributed by atoms with Crippen molar-refractivity contribution in [3.8, 4) is 0 Å². The number of nitrogens with one attached hydrogen (secondary N) is 1. The number of carbonyl (C=O) groups excluding carboxylic acids is 3. The van der Waals surface area contributed by atoms with Gasteiger partial charge in [0.2, 0.25) is 0 Å².